The van der Waals surface area contributed by atoms with Crippen LogP contribution in [0.2, 0.25) is 0 Å². The molecule has 0 fully saturated rings. The van der Waals surface area contributed by atoms with Crippen LogP contribution in [0.4, 0.5) is 5.69 Å². The van der Waals surface area contributed by atoms with E-state index in [1.54, 1.807) is 13.2 Å². The number of hydrogen-bond donors (Lipinski definition) is 1. The van der Waals surface area contributed by atoms with E-state index in [0.717, 1.165) is 17.0 Å². The minimum atomic E-state index is 0.465. The first-order chi connectivity index (χ1) is 5.81. The third-order valence-corrected chi connectivity index (χ3v) is 1.75. The second kappa shape index (κ2) is 2.57. The van der Waals surface area contributed by atoms with Gasteiger partial charge in [-0.15, -0.1) is 0 Å². The van der Waals surface area contributed by atoms with E-state index in [9.17, 15) is 0 Å². The Morgan fingerprint density at radius 2 is 2.17 bits per heavy atom. The van der Waals surface area contributed by atoms with Crippen LogP contribution < -0.4 is 10.5 Å². The summed E-state index contributed by atoms with van der Waals surface area (Å²) in [4.78, 5) is 0. The molecular weight excluding hydrogens is 154 g/mol. The molecule has 4 nitrogen and oxygen atoms in total. The Morgan fingerprint density at radius 3 is 2.92 bits per heavy atom. The predicted molar refractivity (Wildman–Crippen MR) is 44.0 cm³/mol. The van der Waals surface area contributed by atoms with Crippen molar-refractivity contribution in [2.45, 2.75) is 0 Å². The monoisotopic (exact) mass is 162 g/mol. The molecule has 12 heavy (non-hydrogen) atoms. The molecule has 1 heterocycles. The van der Waals surface area contributed by atoms with Gasteiger partial charge in [0.05, 0.1) is 12.8 Å². The molecule has 0 spiro atoms. The van der Waals surface area contributed by atoms with Crippen LogP contribution in [0.15, 0.2) is 28.4 Å². The maximum absolute atomic E-state index is 5.55. The molecule has 1 aromatic rings. The van der Waals surface area contributed by atoms with E-state index >= 15 is 0 Å². The van der Waals surface area contributed by atoms with Crippen LogP contribution >= 0.6 is 0 Å². The number of nitrogens with zero attached hydrogens (tertiary/aromatic N) is 2. The number of rotatable bonds is 1. The summed E-state index contributed by atoms with van der Waals surface area (Å²) in [5.41, 5.74) is 7.19. The van der Waals surface area contributed by atoms with Gasteiger partial charge in [0.25, 0.3) is 0 Å². The molecule has 2 rings (SSSR count). The van der Waals surface area contributed by atoms with Crippen molar-refractivity contribution in [1.82, 2.24) is 0 Å². The first-order valence-electron chi connectivity index (χ1n) is 3.54. The van der Waals surface area contributed by atoms with E-state index in [-0.39, 0.29) is 0 Å². The summed E-state index contributed by atoms with van der Waals surface area (Å²) in [6.45, 7) is 0. The Hall–Kier alpha value is -1.42. The summed E-state index contributed by atoms with van der Waals surface area (Å²) in [6, 6.07) is 5.49. The molecule has 2 N–H and O–H groups in total. The molecule has 1 aliphatic heterocycles. The number of ether oxygens (including phenoxy) is 1. The Bertz CT molecular complexity index is 335. The maximum atomic E-state index is 5.55. The highest BCUT2D eigenvalue weighted by molar-refractivity contribution is 5.57. The van der Waals surface area contributed by atoms with Gasteiger partial charge in [-0.25, -0.2) is 0 Å². The average Bonchev–Trinajstić information content (AvgIpc) is 2.47. The van der Waals surface area contributed by atoms with Gasteiger partial charge >= 0.3 is 0 Å². The van der Waals surface area contributed by atoms with Crippen LogP contribution in [-0.4, -0.2) is 7.11 Å². The predicted octanol–water partition coefficient (Wildman–Crippen LogP) is 1.59. The van der Waals surface area contributed by atoms with Gasteiger partial charge in [-0.2, -0.15) is 10.2 Å². The van der Waals surface area contributed by atoms with Gasteiger partial charge in [-0.1, -0.05) is 0 Å². The van der Waals surface area contributed by atoms with Crippen molar-refractivity contribution in [2.24, 2.45) is 16.0 Å². The molecule has 0 amide bonds. The molecule has 0 atom stereocenters. The van der Waals surface area contributed by atoms with Crippen molar-refractivity contribution in [1.29, 1.82) is 0 Å². The fourth-order valence-electron chi connectivity index (χ4n) is 1.10. The molecule has 0 saturated carbocycles. The third kappa shape index (κ3) is 0.967. The van der Waals surface area contributed by atoms with E-state index in [1.807, 2.05) is 12.1 Å². The van der Waals surface area contributed by atoms with Gasteiger partial charge in [0.2, 0.25) is 6.17 Å². The number of benzene rings is 1. The number of nitrogens with two attached hydrogens (primary N) is 1. The largest absolute Gasteiger partial charge is 0.497 e. The number of methoxy groups -OCH3 is 1. The van der Waals surface area contributed by atoms with Gasteiger partial charge in [0.1, 0.15) is 5.75 Å². The quantitative estimate of drug-likeness (QED) is 0.681. The highest BCUT2D eigenvalue weighted by Crippen LogP contribution is 2.34. The first kappa shape index (κ1) is 7.24. The molecule has 61 valence electrons. The molecule has 1 radical (unpaired) electrons. The lowest BCUT2D eigenvalue weighted by molar-refractivity contribution is 0.415. The van der Waals surface area contributed by atoms with E-state index in [1.165, 1.54) is 0 Å². The van der Waals surface area contributed by atoms with Crippen LogP contribution in [0.1, 0.15) is 5.56 Å². The molecule has 0 aliphatic carbocycles. The van der Waals surface area contributed by atoms with Crippen molar-refractivity contribution < 1.29 is 4.74 Å². The van der Waals surface area contributed by atoms with Gasteiger partial charge < -0.3 is 4.74 Å². The van der Waals surface area contributed by atoms with E-state index in [4.69, 9.17) is 10.5 Å². The van der Waals surface area contributed by atoms with Crippen molar-refractivity contribution in [2.75, 3.05) is 7.11 Å². The zero-order valence-electron chi connectivity index (χ0n) is 6.61. The summed E-state index contributed by atoms with van der Waals surface area (Å²) in [5, 5.41) is 7.62. The van der Waals surface area contributed by atoms with Crippen LogP contribution in [0.5, 0.6) is 5.75 Å². The number of hydrogen-bond acceptors (Lipinski definition) is 4. The van der Waals surface area contributed by atoms with Crippen molar-refractivity contribution in [3.05, 3.63) is 29.9 Å². The Kier molecular flexibility index (Phi) is 1.55. The Labute approximate surface area is 70.1 Å². The first-order valence-corrected chi connectivity index (χ1v) is 3.54. The molecule has 0 bridgehead atoms. The second-order valence-corrected chi connectivity index (χ2v) is 2.47. The van der Waals surface area contributed by atoms with Crippen LogP contribution in [0.25, 0.3) is 0 Å². The van der Waals surface area contributed by atoms with Crippen molar-refractivity contribution in [3.8, 4) is 5.75 Å². The van der Waals surface area contributed by atoms with Gasteiger partial charge in [-0.05, 0) is 12.1 Å². The molecule has 0 unspecified atom stereocenters. The smallest absolute Gasteiger partial charge is 0.202 e. The molecule has 0 aromatic heterocycles. The summed E-state index contributed by atoms with van der Waals surface area (Å²) >= 11 is 0. The highest BCUT2D eigenvalue weighted by atomic mass is 16.5. The van der Waals surface area contributed by atoms with E-state index in [2.05, 4.69) is 10.2 Å². The van der Waals surface area contributed by atoms with Crippen molar-refractivity contribution in [3.63, 3.8) is 0 Å². The van der Waals surface area contributed by atoms with Crippen LogP contribution in [0, 0.1) is 6.17 Å². The lowest BCUT2D eigenvalue weighted by atomic mass is 10.1. The summed E-state index contributed by atoms with van der Waals surface area (Å²) in [6.07, 6.45) is 0.465. The topological polar surface area (TPSA) is 60.0 Å². The SMILES string of the molecule is COc1ccc2c(c1)N=N[C]2N. The normalized spacial score (nSPS) is 14.8. The van der Waals surface area contributed by atoms with Crippen LogP contribution in [-0.2, 0) is 0 Å². The average molecular weight is 162 g/mol. The number of azo groups is 1. The Morgan fingerprint density at radius 1 is 1.33 bits per heavy atom. The minimum absolute atomic E-state index is 0.465. The molecular formula is C8H8N3O. The standard InChI is InChI=1S/C8H8N3O/c1-12-5-2-3-6-7(4-5)10-11-8(6)9/h2-4H,9H2,1H3. The number of fused-ring (bicyclic) bond motifs is 1. The molecule has 1 aliphatic rings. The molecule has 0 saturated heterocycles. The second-order valence-electron chi connectivity index (χ2n) is 2.47. The summed E-state index contributed by atoms with van der Waals surface area (Å²) in [5.74, 6) is 0.766. The van der Waals surface area contributed by atoms with Crippen LogP contribution in [0.3, 0.4) is 0 Å². The Balaban J connectivity index is 2.47. The zero-order valence-corrected chi connectivity index (χ0v) is 6.61. The minimum Gasteiger partial charge on any atom is -0.497 e. The van der Waals surface area contributed by atoms with E-state index < -0.39 is 0 Å². The summed E-state index contributed by atoms with van der Waals surface area (Å²) in [7, 11) is 1.61. The van der Waals surface area contributed by atoms with E-state index in [0.29, 0.717) is 6.17 Å². The van der Waals surface area contributed by atoms with Gasteiger partial charge in [0.15, 0.2) is 0 Å². The third-order valence-electron chi connectivity index (χ3n) is 1.75. The summed E-state index contributed by atoms with van der Waals surface area (Å²) < 4.78 is 5.02. The fourth-order valence-corrected chi connectivity index (χ4v) is 1.10. The lowest BCUT2D eigenvalue weighted by Crippen LogP contribution is -2.04. The maximum Gasteiger partial charge on any atom is 0.202 e. The van der Waals surface area contributed by atoms with Gasteiger partial charge in [0, 0.05) is 11.6 Å². The van der Waals surface area contributed by atoms with Crippen molar-refractivity contribution >= 4 is 5.69 Å². The zero-order chi connectivity index (χ0) is 8.55. The highest BCUT2D eigenvalue weighted by Gasteiger charge is 2.17. The lowest BCUT2D eigenvalue weighted by Gasteiger charge is -2.01. The fraction of sp³-hybridized carbons (Fsp3) is 0.125. The molecule has 4 heteroatoms. The van der Waals surface area contributed by atoms with Gasteiger partial charge in [-0.3, -0.25) is 5.73 Å². The molecule has 1 aromatic carbocycles.